The molecule has 0 saturated carbocycles. The van der Waals surface area contributed by atoms with Crippen LogP contribution in [0.1, 0.15) is 30.0 Å². The molecule has 0 radical (unpaired) electrons. The van der Waals surface area contributed by atoms with Crippen LogP contribution in [0, 0.1) is 0 Å². The lowest BCUT2D eigenvalue weighted by atomic mass is 10.1. The number of allylic oxidation sites excluding steroid dienone is 2. The zero-order valence-corrected chi connectivity index (χ0v) is 17.8. The fraction of sp³-hybridized carbons (Fsp3) is 0.160. The summed E-state index contributed by atoms with van der Waals surface area (Å²) in [6, 6.07) is 9.32. The molecule has 0 saturated heterocycles. The van der Waals surface area contributed by atoms with E-state index in [0.717, 1.165) is 0 Å². The molecule has 0 fully saturated rings. The van der Waals surface area contributed by atoms with Crippen LogP contribution in [0.25, 0.3) is 12.2 Å². The van der Waals surface area contributed by atoms with Crippen molar-refractivity contribution in [3.05, 3.63) is 77.4 Å². The van der Waals surface area contributed by atoms with Crippen LogP contribution >= 0.6 is 0 Å². The average Bonchev–Trinajstić information content (AvgIpc) is 2.77. The second kappa shape index (κ2) is 11.4. The number of aliphatic hydroxyl groups excluding tert-OH is 1. The highest BCUT2D eigenvalue weighted by Gasteiger charge is 2.10. The van der Waals surface area contributed by atoms with Gasteiger partial charge in [0, 0.05) is 11.1 Å². The summed E-state index contributed by atoms with van der Waals surface area (Å²) in [6.07, 6.45) is 5.27. The van der Waals surface area contributed by atoms with Gasteiger partial charge in [0.2, 0.25) is 0 Å². The van der Waals surface area contributed by atoms with Crippen molar-refractivity contribution in [2.24, 2.45) is 0 Å². The number of esters is 1. The fourth-order valence-electron chi connectivity index (χ4n) is 2.58. The Labute approximate surface area is 185 Å². The molecular weight excluding hydrogens is 412 g/mol. The number of hydrogen-bond donors (Lipinski definition) is 2. The normalized spacial score (nSPS) is 11.0. The first-order chi connectivity index (χ1) is 15.2. The zero-order valence-electron chi connectivity index (χ0n) is 17.8. The lowest BCUT2D eigenvalue weighted by molar-refractivity contribution is -0.130. The zero-order chi connectivity index (χ0) is 23.7. The number of carbonyl (C=O) groups excluding carboxylic acids is 3. The van der Waals surface area contributed by atoms with E-state index in [1.54, 1.807) is 24.3 Å². The van der Waals surface area contributed by atoms with Crippen LogP contribution in [0.15, 0.2) is 60.7 Å². The molecule has 0 bridgehead atoms. The number of phenols is 1. The molecule has 166 valence electrons. The molecule has 2 rings (SSSR count). The van der Waals surface area contributed by atoms with Crippen molar-refractivity contribution in [3.63, 3.8) is 0 Å². The maximum absolute atomic E-state index is 12.1. The van der Waals surface area contributed by atoms with Crippen LogP contribution in [0.2, 0.25) is 0 Å². The Kier molecular flexibility index (Phi) is 8.68. The number of phenolic OH excluding ortho intramolecular Hbond substituents is 1. The number of carbonyl (C=O) groups is 3. The summed E-state index contributed by atoms with van der Waals surface area (Å²) in [6.45, 7) is 4.66. The summed E-state index contributed by atoms with van der Waals surface area (Å²) in [5, 5.41) is 19.1. The molecule has 32 heavy (non-hydrogen) atoms. The molecule has 7 heteroatoms. The number of aliphatic hydroxyl groups is 1. The second-order valence-corrected chi connectivity index (χ2v) is 6.90. The van der Waals surface area contributed by atoms with Gasteiger partial charge in [0.1, 0.15) is 5.75 Å². The van der Waals surface area contributed by atoms with Gasteiger partial charge in [0.05, 0.1) is 20.1 Å². The molecular formula is C25H24O7. The van der Waals surface area contributed by atoms with Crippen molar-refractivity contribution in [1.29, 1.82) is 0 Å². The third-order valence-corrected chi connectivity index (χ3v) is 4.28. The van der Waals surface area contributed by atoms with Gasteiger partial charge in [0.25, 0.3) is 0 Å². The Bertz CT molecular complexity index is 1090. The Balaban J connectivity index is 1.99. The number of rotatable bonds is 10. The van der Waals surface area contributed by atoms with Crippen molar-refractivity contribution in [2.45, 2.75) is 20.0 Å². The highest BCUT2D eigenvalue weighted by molar-refractivity contribution is 6.10. The first-order valence-electron chi connectivity index (χ1n) is 9.63. The maximum Gasteiger partial charge on any atom is 0.338 e. The molecule has 0 amide bonds. The maximum atomic E-state index is 12.1. The van der Waals surface area contributed by atoms with Crippen molar-refractivity contribution in [3.8, 4) is 17.2 Å². The second-order valence-electron chi connectivity index (χ2n) is 6.90. The van der Waals surface area contributed by atoms with Gasteiger partial charge in [-0.05, 0) is 54.5 Å². The molecule has 2 aromatic rings. The van der Waals surface area contributed by atoms with Gasteiger partial charge in [-0.2, -0.15) is 0 Å². The number of hydrogen-bond acceptors (Lipinski definition) is 7. The summed E-state index contributed by atoms with van der Waals surface area (Å²) in [4.78, 5) is 35.8. The number of methoxy groups -OCH3 is 1. The molecule has 0 aromatic heterocycles. The Morgan fingerprint density at radius 1 is 0.969 bits per heavy atom. The largest absolute Gasteiger partial charge is 0.504 e. The van der Waals surface area contributed by atoms with Crippen molar-refractivity contribution < 1.29 is 34.1 Å². The number of ketones is 2. The Morgan fingerprint density at radius 3 is 2.12 bits per heavy atom. The van der Waals surface area contributed by atoms with E-state index in [1.165, 1.54) is 50.5 Å². The molecule has 0 aliphatic heterocycles. The van der Waals surface area contributed by atoms with Crippen LogP contribution in [0.5, 0.6) is 17.2 Å². The smallest absolute Gasteiger partial charge is 0.338 e. The quantitative estimate of drug-likeness (QED) is 0.253. The van der Waals surface area contributed by atoms with Crippen molar-refractivity contribution in [2.75, 3.05) is 7.11 Å². The predicted molar refractivity (Wildman–Crippen MR) is 120 cm³/mol. The van der Waals surface area contributed by atoms with Gasteiger partial charge >= 0.3 is 5.97 Å². The predicted octanol–water partition coefficient (Wildman–Crippen LogP) is 3.63. The summed E-state index contributed by atoms with van der Waals surface area (Å²) in [5.74, 6) is -0.911. The number of benzene rings is 2. The molecule has 2 N–H and O–H groups in total. The van der Waals surface area contributed by atoms with Crippen LogP contribution in [-0.4, -0.2) is 34.9 Å². The van der Waals surface area contributed by atoms with E-state index >= 15 is 0 Å². The van der Waals surface area contributed by atoms with Crippen LogP contribution < -0.4 is 9.47 Å². The Morgan fingerprint density at radius 2 is 1.56 bits per heavy atom. The standard InChI is InChI=1S/C25H24O7/c1-16(2)25(30)32-23-11-7-17(12-19(23)15-26)4-8-20(27)14-21(28)9-5-18-6-10-22(29)24(13-18)31-3/h4-13,26,29H,1,14-15H2,2-3H3. The van der Waals surface area contributed by atoms with Gasteiger partial charge in [-0.15, -0.1) is 0 Å². The highest BCUT2D eigenvalue weighted by Crippen LogP contribution is 2.26. The lowest BCUT2D eigenvalue weighted by Crippen LogP contribution is -2.09. The van der Waals surface area contributed by atoms with E-state index < -0.39 is 11.8 Å². The van der Waals surface area contributed by atoms with E-state index in [4.69, 9.17) is 9.47 Å². The molecule has 0 heterocycles. The molecule has 7 nitrogen and oxygen atoms in total. The number of aromatic hydroxyl groups is 1. The molecule has 0 unspecified atom stereocenters. The first-order valence-corrected chi connectivity index (χ1v) is 9.63. The summed E-state index contributed by atoms with van der Waals surface area (Å²) in [7, 11) is 1.42. The third kappa shape index (κ3) is 7.07. The molecule has 0 atom stereocenters. The SMILES string of the molecule is C=C(C)C(=O)Oc1ccc(C=CC(=O)CC(=O)C=Cc2ccc(O)c(OC)c2)cc1CO. The van der Waals surface area contributed by atoms with E-state index in [-0.39, 0.29) is 41.6 Å². The fourth-order valence-corrected chi connectivity index (χ4v) is 2.58. The number of ether oxygens (including phenoxy) is 2. The highest BCUT2D eigenvalue weighted by atomic mass is 16.5. The van der Waals surface area contributed by atoms with E-state index in [2.05, 4.69) is 6.58 Å². The van der Waals surface area contributed by atoms with Gasteiger partial charge < -0.3 is 19.7 Å². The van der Waals surface area contributed by atoms with Gasteiger partial charge in [-0.25, -0.2) is 4.79 Å². The molecule has 0 aliphatic carbocycles. The minimum Gasteiger partial charge on any atom is -0.504 e. The lowest BCUT2D eigenvalue weighted by Gasteiger charge is -2.09. The Hall–Kier alpha value is -3.97. The topological polar surface area (TPSA) is 110 Å². The monoisotopic (exact) mass is 436 g/mol. The van der Waals surface area contributed by atoms with E-state index in [1.807, 2.05) is 0 Å². The van der Waals surface area contributed by atoms with E-state index in [9.17, 15) is 24.6 Å². The van der Waals surface area contributed by atoms with Crippen molar-refractivity contribution >= 4 is 29.7 Å². The van der Waals surface area contributed by atoms with Gasteiger partial charge in [0.15, 0.2) is 23.1 Å². The van der Waals surface area contributed by atoms with Crippen LogP contribution in [0.3, 0.4) is 0 Å². The first kappa shape index (κ1) is 24.3. The molecule has 0 aliphatic rings. The minimum atomic E-state index is -0.601. The van der Waals surface area contributed by atoms with Crippen LogP contribution in [0.4, 0.5) is 0 Å². The van der Waals surface area contributed by atoms with E-state index in [0.29, 0.717) is 16.7 Å². The van der Waals surface area contributed by atoms with Crippen LogP contribution in [-0.2, 0) is 21.0 Å². The minimum absolute atomic E-state index is 0.0114. The molecule has 0 spiro atoms. The summed E-state index contributed by atoms with van der Waals surface area (Å²) < 4.78 is 10.2. The average molecular weight is 436 g/mol. The molecule has 2 aromatic carbocycles. The summed E-state index contributed by atoms with van der Waals surface area (Å²) >= 11 is 0. The van der Waals surface area contributed by atoms with Gasteiger partial charge in [-0.3, -0.25) is 9.59 Å². The third-order valence-electron chi connectivity index (χ3n) is 4.28. The summed E-state index contributed by atoms with van der Waals surface area (Å²) in [5.41, 5.74) is 1.83. The van der Waals surface area contributed by atoms with Gasteiger partial charge in [-0.1, -0.05) is 30.9 Å². The van der Waals surface area contributed by atoms with Crippen molar-refractivity contribution in [1.82, 2.24) is 0 Å².